The van der Waals surface area contributed by atoms with Crippen LogP contribution >= 0.6 is 11.6 Å². The highest BCUT2D eigenvalue weighted by Gasteiger charge is 2.30. The lowest BCUT2D eigenvalue weighted by atomic mass is 10.0. The van der Waals surface area contributed by atoms with E-state index >= 15 is 0 Å². The number of ether oxygens (including phenoxy) is 3. The van der Waals surface area contributed by atoms with Gasteiger partial charge < -0.3 is 14.2 Å². The molecule has 0 radical (unpaired) electrons. The molecule has 0 fully saturated rings. The van der Waals surface area contributed by atoms with E-state index in [0.29, 0.717) is 6.61 Å². The van der Waals surface area contributed by atoms with Gasteiger partial charge in [0.2, 0.25) is 0 Å². The van der Waals surface area contributed by atoms with Crippen molar-refractivity contribution in [3.63, 3.8) is 0 Å². The Labute approximate surface area is 129 Å². The summed E-state index contributed by atoms with van der Waals surface area (Å²) in [5.74, 6) is 2.25. The predicted octanol–water partition coefficient (Wildman–Crippen LogP) is 4.12. The SMILES string of the molecule is COc1ccc(C)cc1C(Cl)C1COc2ccccc2O1. The van der Waals surface area contributed by atoms with Gasteiger partial charge in [-0.15, -0.1) is 11.6 Å². The Morgan fingerprint density at radius 3 is 2.71 bits per heavy atom. The highest BCUT2D eigenvalue weighted by Crippen LogP contribution is 2.39. The number of methoxy groups -OCH3 is 1. The zero-order chi connectivity index (χ0) is 14.8. The third-order valence-corrected chi connectivity index (χ3v) is 4.06. The van der Waals surface area contributed by atoms with Gasteiger partial charge in [0.15, 0.2) is 17.6 Å². The van der Waals surface area contributed by atoms with Crippen molar-refractivity contribution < 1.29 is 14.2 Å². The van der Waals surface area contributed by atoms with Crippen LogP contribution in [0.4, 0.5) is 0 Å². The van der Waals surface area contributed by atoms with Crippen LogP contribution in [0.2, 0.25) is 0 Å². The van der Waals surface area contributed by atoms with Crippen LogP contribution in [0.15, 0.2) is 42.5 Å². The van der Waals surface area contributed by atoms with E-state index in [1.54, 1.807) is 7.11 Å². The lowest BCUT2D eigenvalue weighted by molar-refractivity contribution is 0.0872. The molecule has 0 amide bonds. The third kappa shape index (κ3) is 2.79. The second kappa shape index (κ2) is 5.86. The zero-order valence-corrected chi connectivity index (χ0v) is 12.8. The topological polar surface area (TPSA) is 27.7 Å². The average molecular weight is 305 g/mol. The second-order valence-corrected chi connectivity index (χ2v) is 5.53. The Balaban J connectivity index is 1.87. The quantitative estimate of drug-likeness (QED) is 0.798. The molecule has 1 aliphatic heterocycles. The molecule has 1 aliphatic rings. The van der Waals surface area contributed by atoms with Crippen molar-refractivity contribution >= 4 is 11.6 Å². The fraction of sp³-hybridized carbons (Fsp3) is 0.294. The van der Waals surface area contributed by atoms with Crippen molar-refractivity contribution in [1.82, 2.24) is 0 Å². The van der Waals surface area contributed by atoms with Gasteiger partial charge in [-0.25, -0.2) is 0 Å². The fourth-order valence-electron chi connectivity index (χ4n) is 2.45. The first-order valence-electron chi connectivity index (χ1n) is 6.86. The second-order valence-electron chi connectivity index (χ2n) is 5.06. The zero-order valence-electron chi connectivity index (χ0n) is 12.0. The van der Waals surface area contributed by atoms with E-state index in [-0.39, 0.29) is 11.5 Å². The van der Waals surface area contributed by atoms with Gasteiger partial charge >= 0.3 is 0 Å². The lowest BCUT2D eigenvalue weighted by Gasteiger charge is -2.30. The van der Waals surface area contributed by atoms with Gasteiger partial charge in [-0.3, -0.25) is 0 Å². The smallest absolute Gasteiger partial charge is 0.161 e. The highest BCUT2D eigenvalue weighted by molar-refractivity contribution is 6.21. The lowest BCUT2D eigenvalue weighted by Crippen LogP contribution is -2.33. The molecule has 0 aromatic heterocycles. The molecule has 110 valence electrons. The molecule has 0 aliphatic carbocycles. The number of benzene rings is 2. The van der Waals surface area contributed by atoms with Crippen molar-refractivity contribution in [1.29, 1.82) is 0 Å². The summed E-state index contributed by atoms with van der Waals surface area (Å²) in [4.78, 5) is 0. The summed E-state index contributed by atoms with van der Waals surface area (Å²) in [5, 5.41) is -0.340. The van der Waals surface area contributed by atoms with Crippen LogP contribution in [0.3, 0.4) is 0 Å². The number of fused-ring (bicyclic) bond motifs is 1. The molecule has 2 aromatic carbocycles. The summed E-state index contributed by atoms with van der Waals surface area (Å²) in [7, 11) is 1.64. The number of para-hydroxylation sites is 2. The molecule has 21 heavy (non-hydrogen) atoms. The van der Waals surface area contributed by atoms with Crippen molar-refractivity contribution in [2.24, 2.45) is 0 Å². The third-order valence-electron chi connectivity index (χ3n) is 3.54. The average Bonchev–Trinajstić information content (AvgIpc) is 2.53. The van der Waals surface area contributed by atoms with Gasteiger partial charge in [0.05, 0.1) is 7.11 Å². The number of aryl methyl sites for hydroxylation is 1. The molecule has 3 rings (SSSR count). The van der Waals surface area contributed by atoms with Crippen LogP contribution in [-0.2, 0) is 0 Å². The van der Waals surface area contributed by atoms with E-state index in [9.17, 15) is 0 Å². The van der Waals surface area contributed by atoms with Crippen LogP contribution in [0, 0.1) is 6.92 Å². The van der Waals surface area contributed by atoms with E-state index < -0.39 is 0 Å². The largest absolute Gasteiger partial charge is 0.496 e. The maximum atomic E-state index is 6.62. The monoisotopic (exact) mass is 304 g/mol. The van der Waals surface area contributed by atoms with Gasteiger partial charge in [0, 0.05) is 5.56 Å². The molecule has 0 spiro atoms. The maximum absolute atomic E-state index is 6.62. The normalized spacial score (nSPS) is 18.1. The summed E-state index contributed by atoms with van der Waals surface area (Å²) < 4.78 is 17.1. The molecule has 2 aromatic rings. The number of alkyl halides is 1. The van der Waals surface area contributed by atoms with Gasteiger partial charge in [-0.1, -0.05) is 29.8 Å². The molecule has 0 N–H and O–H groups in total. The fourth-order valence-corrected chi connectivity index (χ4v) is 2.74. The number of hydrogen-bond acceptors (Lipinski definition) is 3. The summed E-state index contributed by atoms with van der Waals surface area (Å²) in [6, 6.07) is 13.6. The molecular weight excluding hydrogens is 288 g/mol. The van der Waals surface area contributed by atoms with E-state index in [1.807, 2.05) is 49.4 Å². The first-order chi connectivity index (χ1) is 10.2. The Morgan fingerprint density at radius 2 is 1.95 bits per heavy atom. The maximum Gasteiger partial charge on any atom is 0.161 e. The molecule has 0 bridgehead atoms. The van der Waals surface area contributed by atoms with E-state index in [4.69, 9.17) is 25.8 Å². The summed E-state index contributed by atoms with van der Waals surface area (Å²) in [6.45, 7) is 2.45. The van der Waals surface area contributed by atoms with Crippen molar-refractivity contribution in [3.8, 4) is 17.2 Å². The minimum absolute atomic E-state index is 0.253. The van der Waals surface area contributed by atoms with Crippen LogP contribution < -0.4 is 14.2 Å². The number of halogens is 1. The molecule has 0 saturated carbocycles. The van der Waals surface area contributed by atoms with Crippen LogP contribution in [0.1, 0.15) is 16.5 Å². The van der Waals surface area contributed by atoms with E-state index in [1.165, 1.54) is 0 Å². The molecular formula is C17H17ClO3. The molecule has 2 atom stereocenters. The van der Waals surface area contributed by atoms with Crippen LogP contribution in [0.5, 0.6) is 17.2 Å². The summed E-state index contributed by atoms with van der Waals surface area (Å²) >= 11 is 6.62. The molecule has 0 saturated heterocycles. The minimum atomic E-state index is -0.340. The van der Waals surface area contributed by atoms with E-state index in [0.717, 1.165) is 28.4 Å². The van der Waals surface area contributed by atoms with E-state index in [2.05, 4.69) is 0 Å². The molecule has 2 unspecified atom stereocenters. The van der Waals surface area contributed by atoms with Gasteiger partial charge in [0.25, 0.3) is 0 Å². The van der Waals surface area contributed by atoms with Crippen LogP contribution in [-0.4, -0.2) is 19.8 Å². The number of hydrogen-bond donors (Lipinski definition) is 0. The first-order valence-corrected chi connectivity index (χ1v) is 7.30. The molecule has 4 heteroatoms. The van der Waals surface area contributed by atoms with Crippen LogP contribution in [0.25, 0.3) is 0 Å². The standard InChI is InChI=1S/C17H17ClO3/c1-11-7-8-13(19-2)12(9-11)17(18)16-10-20-14-5-3-4-6-15(14)21-16/h3-9,16-17H,10H2,1-2H3. The molecule has 3 nitrogen and oxygen atoms in total. The Kier molecular flexibility index (Phi) is 3.93. The number of rotatable bonds is 3. The van der Waals surface area contributed by atoms with Crippen molar-refractivity contribution in [2.75, 3.05) is 13.7 Å². The minimum Gasteiger partial charge on any atom is -0.496 e. The molecule has 1 heterocycles. The summed E-state index contributed by atoms with van der Waals surface area (Å²) in [5.41, 5.74) is 2.06. The predicted molar refractivity (Wildman–Crippen MR) is 82.7 cm³/mol. The first kappa shape index (κ1) is 14.1. The Bertz CT molecular complexity index is 642. The summed E-state index contributed by atoms with van der Waals surface area (Å²) in [6.07, 6.45) is -0.253. The Hall–Kier alpha value is -1.87. The van der Waals surface area contributed by atoms with Crippen molar-refractivity contribution in [3.05, 3.63) is 53.6 Å². The van der Waals surface area contributed by atoms with Crippen molar-refractivity contribution in [2.45, 2.75) is 18.4 Å². The van der Waals surface area contributed by atoms with Gasteiger partial charge in [0.1, 0.15) is 17.7 Å². The van der Waals surface area contributed by atoms with Gasteiger partial charge in [-0.2, -0.15) is 0 Å². The van der Waals surface area contributed by atoms with Gasteiger partial charge in [-0.05, 0) is 25.1 Å². The Morgan fingerprint density at radius 1 is 1.19 bits per heavy atom. The highest BCUT2D eigenvalue weighted by atomic mass is 35.5.